The van der Waals surface area contributed by atoms with Crippen LogP contribution in [-0.4, -0.2) is 31.6 Å². The maximum absolute atomic E-state index is 12.1. The van der Waals surface area contributed by atoms with Crippen LogP contribution in [0.2, 0.25) is 5.02 Å². The monoisotopic (exact) mass is 319 g/mol. The Morgan fingerprint density at radius 3 is 2.41 bits per heavy atom. The summed E-state index contributed by atoms with van der Waals surface area (Å²) in [5, 5.41) is 0.489. The van der Waals surface area contributed by atoms with Crippen molar-refractivity contribution in [1.82, 2.24) is 4.90 Å². The standard InChI is InChI=1S/C17H18ClNO3/c1-19(11-13-7-3-5-9-15(13)21-2)17(20)12-22-16-10-6-4-8-14(16)18/h3-10H,11-12H2,1-2H3. The van der Waals surface area contributed by atoms with E-state index in [1.165, 1.54) is 0 Å². The van der Waals surface area contributed by atoms with Crippen LogP contribution in [-0.2, 0) is 11.3 Å². The number of carbonyl (C=O) groups is 1. The van der Waals surface area contributed by atoms with E-state index in [9.17, 15) is 4.79 Å². The maximum atomic E-state index is 12.1. The Morgan fingerprint density at radius 1 is 1.09 bits per heavy atom. The van der Waals surface area contributed by atoms with E-state index in [2.05, 4.69) is 0 Å². The minimum Gasteiger partial charge on any atom is -0.496 e. The van der Waals surface area contributed by atoms with Gasteiger partial charge < -0.3 is 14.4 Å². The number of likely N-dealkylation sites (N-methyl/N-ethyl adjacent to an activating group) is 1. The van der Waals surface area contributed by atoms with Crippen molar-refractivity contribution in [1.29, 1.82) is 0 Å². The summed E-state index contributed by atoms with van der Waals surface area (Å²) in [5.74, 6) is 1.13. The summed E-state index contributed by atoms with van der Waals surface area (Å²) in [6, 6.07) is 14.7. The van der Waals surface area contributed by atoms with Crippen LogP contribution in [0.15, 0.2) is 48.5 Å². The van der Waals surface area contributed by atoms with Crippen molar-refractivity contribution in [2.75, 3.05) is 20.8 Å². The minimum absolute atomic E-state index is 0.0601. The van der Waals surface area contributed by atoms with E-state index in [-0.39, 0.29) is 12.5 Å². The Morgan fingerprint density at radius 2 is 1.73 bits per heavy atom. The Kier molecular flexibility index (Phi) is 5.67. The lowest BCUT2D eigenvalue weighted by molar-refractivity contribution is -0.132. The molecule has 0 aliphatic heterocycles. The van der Waals surface area contributed by atoms with E-state index in [0.29, 0.717) is 17.3 Å². The Hall–Kier alpha value is -2.20. The average molecular weight is 320 g/mol. The molecule has 0 N–H and O–H groups in total. The highest BCUT2D eigenvalue weighted by atomic mass is 35.5. The number of halogens is 1. The molecule has 0 aromatic heterocycles. The van der Waals surface area contributed by atoms with Gasteiger partial charge in [0.1, 0.15) is 11.5 Å². The van der Waals surface area contributed by atoms with Gasteiger partial charge in [0, 0.05) is 19.2 Å². The molecule has 0 aliphatic carbocycles. The number of ether oxygens (including phenoxy) is 2. The highest BCUT2D eigenvalue weighted by Crippen LogP contribution is 2.23. The first kappa shape index (κ1) is 16.2. The van der Waals surface area contributed by atoms with Gasteiger partial charge in [-0.15, -0.1) is 0 Å². The van der Waals surface area contributed by atoms with E-state index in [1.54, 1.807) is 31.2 Å². The summed E-state index contributed by atoms with van der Waals surface area (Å²) < 4.78 is 10.7. The molecule has 116 valence electrons. The summed E-state index contributed by atoms with van der Waals surface area (Å²) in [4.78, 5) is 13.7. The summed E-state index contributed by atoms with van der Waals surface area (Å²) in [6.45, 7) is 0.393. The summed E-state index contributed by atoms with van der Waals surface area (Å²) in [7, 11) is 3.34. The van der Waals surface area contributed by atoms with Crippen molar-refractivity contribution < 1.29 is 14.3 Å². The molecular formula is C17H18ClNO3. The van der Waals surface area contributed by atoms with Gasteiger partial charge in [0.15, 0.2) is 6.61 Å². The number of rotatable bonds is 6. The molecule has 1 amide bonds. The third-order valence-corrected chi connectivity index (χ3v) is 3.53. The van der Waals surface area contributed by atoms with Gasteiger partial charge in [-0.1, -0.05) is 41.9 Å². The Labute approximate surface area is 135 Å². The number of para-hydroxylation sites is 2. The lowest BCUT2D eigenvalue weighted by atomic mass is 10.2. The van der Waals surface area contributed by atoms with Crippen LogP contribution >= 0.6 is 11.6 Å². The third-order valence-electron chi connectivity index (χ3n) is 3.21. The van der Waals surface area contributed by atoms with Crippen molar-refractivity contribution in [2.45, 2.75) is 6.54 Å². The molecule has 0 unspecified atom stereocenters. The van der Waals surface area contributed by atoms with E-state index < -0.39 is 0 Å². The molecule has 2 aromatic carbocycles. The van der Waals surface area contributed by atoms with Gasteiger partial charge in [-0.3, -0.25) is 4.79 Å². The maximum Gasteiger partial charge on any atom is 0.260 e. The Bertz CT molecular complexity index is 645. The van der Waals surface area contributed by atoms with Crippen LogP contribution in [0.25, 0.3) is 0 Å². The zero-order chi connectivity index (χ0) is 15.9. The van der Waals surface area contributed by atoms with Gasteiger partial charge in [0.05, 0.1) is 12.1 Å². The average Bonchev–Trinajstić information content (AvgIpc) is 2.54. The smallest absolute Gasteiger partial charge is 0.260 e. The van der Waals surface area contributed by atoms with Crippen LogP contribution in [0.5, 0.6) is 11.5 Å². The number of methoxy groups -OCH3 is 1. The zero-order valence-electron chi connectivity index (χ0n) is 12.6. The lowest BCUT2D eigenvalue weighted by Crippen LogP contribution is -2.31. The van der Waals surface area contributed by atoms with Gasteiger partial charge in [0.2, 0.25) is 0 Å². The normalized spacial score (nSPS) is 10.1. The quantitative estimate of drug-likeness (QED) is 0.819. The van der Waals surface area contributed by atoms with Crippen molar-refractivity contribution in [2.24, 2.45) is 0 Å². The van der Waals surface area contributed by atoms with E-state index in [1.807, 2.05) is 36.4 Å². The third kappa shape index (κ3) is 4.15. The molecular weight excluding hydrogens is 302 g/mol. The van der Waals surface area contributed by atoms with Crippen LogP contribution in [0.1, 0.15) is 5.56 Å². The molecule has 0 saturated carbocycles. The van der Waals surface area contributed by atoms with Crippen molar-refractivity contribution in [3.05, 3.63) is 59.1 Å². The first-order chi connectivity index (χ1) is 10.6. The summed E-state index contributed by atoms with van der Waals surface area (Å²) >= 11 is 5.99. The molecule has 0 atom stereocenters. The molecule has 5 heteroatoms. The van der Waals surface area contributed by atoms with E-state index in [0.717, 1.165) is 11.3 Å². The fourth-order valence-corrected chi connectivity index (χ4v) is 2.18. The van der Waals surface area contributed by atoms with E-state index >= 15 is 0 Å². The second-order valence-electron chi connectivity index (χ2n) is 4.78. The molecule has 2 aromatic rings. The first-order valence-corrected chi connectivity index (χ1v) is 7.23. The molecule has 4 nitrogen and oxygen atoms in total. The van der Waals surface area contributed by atoms with Crippen molar-refractivity contribution in [3.8, 4) is 11.5 Å². The fraction of sp³-hybridized carbons (Fsp3) is 0.235. The highest BCUT2D eigenvalue weighted by Gasteiger charge is 2.13. The van der Waals surface area contributed by atoms with Gasteiger partial charge in [-0.25, -0.2) is 0 Å². The van der Waals surface area contributed by atoms with Crippen LogP contribution in [0, 0.1) is 0 Å². The number of nitrogens with zero attached hydrogens (tertiary/aromatic N) is 1. The largest absolute Gasteiger partial charge is 0.496 e. The van der Waals surface area contributed by atoms with E-state index in [4.69, 9.17) is 21.1 Å². The number of amides is 1. The molecule has 0 heterocycles. The second-order valence-corrected chi connectivity index (χ2v) is 5.19. The fourth-order valence-electron chi connectivity index (χ4n) is 1.99. The zero-order valence-corrected chi connectivity index (χ0v) is 13.3. The van der Waals surface area contributed by atoms with Gasteiger partial charge in [-0.05, 0) is 18.2 Å². The van der Waals surface area contributed by atoms with Gasteiger partial charge in [-0.2, -0.15) is 0 Å². The lowest BCUT2D eigenvalue weighted by Gasteiger charge is -2.19. The minimum atomic E-state index is -0.133. The van der Waals surface area contributed by atoms with Gasteiger partial charge in [0.25, 0.3) is 5.91 Å². The summed E-state index contributed by atoms with van der Waals surface area (Å²) in [6.07, 6.45) is 0. The van der Waals surface area contributed by atoms with Gasteiger partial charge >= 0.3 is 0 Å². The van der Waals surface area contributed by atoms with Crippen LogP contribution < -0.4 is 9.47 Å². The number of hydrogen-bond donors (Lipinski definition) is 0. The molecule has 0 bridgehead atoms. The van der Waals surface area contributed by atoms with Crippen molar-refractivity contribution >= 4 is 17.5 Å². The number of carbonyl (C=O) groups excluding carboxylic acids is 1. The summed E-state index contributed by atoms with van der Waals surface area (Å²) in [5.41, 5.74) is 0.943. The highest BCUT2D eigenvalue weighted by molar-refractivity contribution is 6.32. The number of hydrogen-bond acceptors (Lipinski definition) is 3. The molecule has 2 rings (SSSR count). The first-order valence-electron chi connectivity index (χ1n) is 6.85. The predicted molar refractivity (Wildman–Crippen MR) is 86.4 cm³/mol. The number of benzene rings is 2. The van der Waals surface area contributed by atoms with Crippen LogP contribution in [0.4, 0.5) is 0 Å². The SMILES string of the molecule is COc1ccccc1CN(C)C(=O)COc1ccccc1Cl. The van der Waals surface area contributed by atoms with Crippen LogP contribution in [0.3, 0.4) is 0 Å². The topological polar surface area (TPSA) is 38.8 Å². The Balaban J connectivity index is 1.94. The molecule has 0 saturated heterocycles. The molecule has 0 aliphatic rings. The van der Waals surface area contributed by atoms with Crippen molar-refractivity contribution in [3.63, 3.8) is 0 Å². The molecule has 0 radical (unpaired) electrons. The second kappa shape index (κ2) is 7.71. The predicted octanol–water partition coefficient (Wildman–Crippen LogP) is 3.39. The molecule has 0 spiro atoms. The molecule has 0 fully saturated rings. The molecule has 22 heavy (non-hydrogen) atoms.